The highest BCUT2D eigenvalue weighted by molar-refractivity contribution is 7.10. The van der Waals surface area contributed by atoms with Crippen molar-refractivity contribution in [2.24, 2.45) is 5.92 Å². The Hall–Kier alpha value is -0.380. The third-order valence-corrected chi connectivity index (χ3v) is 5.69. The number of rotatable bonds is 5. The predicted molar refractivity (Wildman–Crippen MR) is 84.8 cm³/mol. The highest BCUT2D eigenvalue weighted by Crippen LogP contribution is 2.23. The summed E-state index contributed by atoms with van der Waals surface area (Å²) < 4.78 is 0. The summed E-state index contributed by atoms with van der Waals surface area (Å²) in [6, 6.07) is 3.60. The minimum absolute atomic E-state index is 0.660. The maximum absolute atomic E-state index is 3.76. The van der Waals surface area contributed by atoms with Crippen molar-refractivity contribution in [3.63, 3.8) is 0 Å². The molecule has 0 bridgehead atoms. The fourth-order valence-electron chi connectivity index (χ4n) is 2.90. The second kappa shape index (κ2) is 6.87. The second-order valence-corrected chi connectivity index (χ2v) is 6.92. The molecule has 1 fully saturated rings. The van der Waals surface area contributed by atoms with Gasteiger partial charge in [0.2, 0.25) is 0 Å². The molecule has 1 aliphatic heterocycles. The molecule has 0 radical (unpaired) electrons. The third-order valence-electron chi connectivity index (χ3n) is 4.68. The van der Waals surface area contributed by atoms with Crippen LogP contribution in [0.3, 0.4) is 0 Å². The molecule has 0 aromatic carbocycles. The molecule has 0 amide bonds. The molecule has 3 heteroatoms. The number of hydrogen-bond acceptors (Lipinski definition) is 3. The van der Waals surface area contributed by atoms with Gasteiger partial charge in [-0.05, 0) is 36.3 Å². The van der Waals surface area contributed by atoms with Crippen molar-refractivity contribution in [1.82, 2.24) is 10.2 Å². The number of piperazine rings is 1. The van der Waals surface area contributed by atoms with Crippen LogP contribution >= 0.6 is 11.3 Å². The highest BCUT2D eigenvalue weighted by Gasteiger charge is 2.29. The number of nitrogens with zero attached hydrogens (tertiary/aromatic N) is 1. The lowest BCUT2D eigenvalue weighted by Gasteiger charge is -2.42. The molecule has 2 nitrogen and oxygen atoms in total. The third kappa shape index (κ3) is 3.59. The van der Waals surface area contributed by atoms with E-state index in [1.165, 1.54) is 24.9 Å². The molecule has 1 N–H and O–H groups in total. The minimum atomic E-state index is 0.660. The van der Waals surface area contributed by atoms with Crippen molar-refractivity contribution in [3.8, 4) is 0 Å². The van der Waals surface area contributed by atoms with E-state index in [1.54, 1.807) is 4.88 Å². The smallest absolute Gasteiger partial charge is 0.0334 e. The van der Waals surface area contributed by atoms with Crippen LogP contribution in [0, 0.1) is 12.8 Å². The van der Waals surface area contributed by atoms with Crippen LogP contribution in [0.2, 0.25) is 0 Å². The van der Waals surface area contributed by atoms with E-state index in [-0.39, 0.29) is 0 Å². The minimum Gasteiger partial charge on any atom is -0.311 e. The van der Waals surface area contributed by atoms with Gasteiger partial charge in [-0.3, -0.25) is 4.90 Å². The number of thiophene rings is 1. The van der Waals surface area contributed by atoms with Gasteiger partial charge in [-0.1, -0.05) is 27.2 Å². The number of aryl methyl sites for hydroxylation is 1. The lowest BCUT2D eigenvalue weighted by atomic mass is 9.94. The van der Waals surface area contributed by atoms with E-state index in [0.717, 1.165) is 19.0 Å². The standard InChI is InChI=1S/C16H28N2S/c1-5-12(3)15-10-18(14(6-2)9-17-15)11-16-13(4)7-8-19-16/h7-8,12,14-15,17H,5-6,9-11H2,1-4H3. The average Bonchev–Trinajstić information content (AvgIpc) is 2.83. The van der Waals surface area contributed by atoms with Gasteiger partial charge in [0.1, 0.15) is 0 Å². The van der Waals surface area contributed by atoms with Gasteiger partial charge in [0.15, 0.2) is 0 Å². The van der Waals surface area contributed by atoms with Gasteiger partial charge < -0.3 is 5.32 Å². The van der Waals surface area contributed by atoms with Crippen LogP contribution in [0.5, 0.6) is 0 Å². The van der Waals surface area contributed by atoms with Gasteiger partial charge in [0.25, 0.3) is 0 Å². The summed E-state index contributed by atoms with van der Waals surface area (Å²) in [5, 5.41) is 5.98. The van der Waals surface area contributed by atoms with E-state index < -0.39 is 0 Å². The zero-order valence-corrected chi connectivity index (χ0v) is 13.6. The summed E-state index contributed by atoms with van der Waals surface area (Å²) in [6.07, 6.45) is 2.50. The fraction of sp³-hybridized carbons (Fsp3) is 0.750. The van der Waals surface area contributed by atoms with Gasteiger partial charge in [0.05, 0.1) is 0 Å². The monoisotopic (exact) mass is 280 g/mol. The largest absolute Gasteiger partial charge is 0.311 e. The first-order chi connectivity index (χ1) is 9.15. The topological polar surface area (TPSA) is 15.3 Å². The molecular weight excluding hydrogens is 252 g/mol. The van der Waals surface area contributed by atoms with E-state index in [2.05, 4.69) is 49.4 Å². The summed E-state index contributed by atoms with van der Waals surface area (Å²) in [4.78, 5) is 4.25. The van der Waals surface area contributed by atoms with Crippen LogP contribution in [0.4, 0.5) is 0 Å². The molecule has 1 saturated heterocycles. The van der Waals surface area contributed by atoms with E-state index in [1.807, 2.05) is 11.3 Å². The first-order valence-corrected chi connectivity index (χ1v) is 8.54. The predicted octanol–water partition coefficient (Wildman–Crippen LogP) is 3.66. The zero-order valence-electron chi connectivity index (χ0n) is 12.8. The second-order valence-electron chi connectivity index (χ2n) is 5.92. The van der Waals surface area contributed by atoms with E-state index in [0.29, 0.717) is 12.1 Å². The fourth-order valence-corrected chi connectivity index (χ4v) is 3.83. The van der Waals surface area contributed by atoms with Crippen molar-refractivity contribution >= 4 is 11.3 Å². The molecule has 3 unspecified atom stereocenters. The Labute approximate surface area is 122 Å². The lowest BCUT2D eigenvalue weighted by molar-refractivity contribution is 0.100. The average molecular weight is 280 g/mol. The van der Waals surface area contributed by atoms with Crippen LogP contribution in [0.25, 0.3) is 0 Å². The van der Waals surface area contributed by atoms with Crippen molar-refractivity contribution in [1.29, 1.82) is 0 Å². The summed E-state index contributed by atoms with van der Waals surface area (Å²) in [5.74, 6) is 0.768. The summed E-state index contributed by atoms with van der Waals surface area (Å²) in [7, 11) is 0. The highest BCUT2D eigenvalue weighted by atomic mass is 32.1. The number of hydrogen-bond donors (Lipinski definition) is 1. The van der Waals surface area contributed by atoms with Crippen molar-refractivity contribution in [2.75, 3.05) is 13.1 Å². The van der Waals surface area contributed by atoms with Crippen LogP contribution in [0.15, 0.2) is 11.4 Å². The first-order valence-electron chi connectivity index (χ1n) is 7.66. The normalized spacial score (nSPS) is 26.5. The molecule has 0 saturated carbocycles. The molecule has 3 atom stereocenters. The quantitative estimate of drug-likeness (QED) is 0.885. The molecule has 2 rings (SSSR count). The van der Waals surface area contributed by atoms with Crippen molar-refractivity contribution in [2.45, 2.75) is 59.2 Å². The summed E-state index contributed by atoms with van der Waals surface area (Å²) >= 11 is 1.91. The van der Waals surface area contributed by atoms with Gasteiger partial charge in [-0.2, -0.15) is 0 Å². The molecule has 0 aliphatic carbocycles. The molecule has 19 heavy (non-hydrogen) atoms. The van der Waals surface area contributed by atoms with Gasteiger partial charge in [-0.25, -0.2) is 0 Å². The summed E-state index contributed by atoms with van der Waals surface area (Å²) in [6.45, 7) is 12.7. The Kier molecular flexibility index (Phi) is 5.43. The molecule has 1 aromatic rings. The molecular formula is C16H28N2S. The first kappa shape index (κ1) is 15.0. The van der Waals surface area contributed by atoms with Crippen LogP contribution in [0.1, 0.15) is 44.1 Å². The van der Waals surface area contributed by atoms with Gasteiger partial charge in [0, 0.05) is 36.6 Å². The summed E-state index contributed by atoms with van der Waals surface area (Å²) in [5.41, 5.74) is 1.46. The van der Waals surface area contributed by atoms with Crippen molar-refractivity contribution < 1.29 is 0 Å². The van der Waals surface area contributed by atoms with Crippen molar-refractivity contribution in [3.05, 3.63) is 21.9 Å². The molecule has 108 valence electrons. The van der Waals surface area contributed by atoms with E-state index in [4.69, 9.17) is 0 Å². The Bertz CT molecular complexity index is 388. The van der Waals surface area contributed by atoms with Crippen LogP contribution < -0.4 is 5.32 Å². The molecule has 1 aliphatic rings. The van der Waals surface area contributed by atoms with Crippen LogP contribution in [-0.4, -0.2) is 30.1 Å². The molecule has 2 heterocycles. The van der Waals surface area contributed by atoms with Gasteiger partial charge >= 0.3 is 0 Å². The lowest BCUT2D eigenvalue weighted by Crippen LogP contribution is -2.57. The Morgan fingerprint density at radius 2 is 2.26 bits per heavy atom. The Morgan fingerprint density at radius 3 is 2.84 bits per heavy atom. The van der Waals surface area contributed by atoms with E-state index in [9.17, 15) is 0 Å². The van der Waals surface area contributed by atoms with E-state index >= 15 is 0 Å². The van der Waals surface area contributed by atoms with Gasteiger partial charge in [-0.15, -0.1) is 11.3 Å². The Balaban J connectivity index is 2.03. The van der Waals surface area contributed by atoms with Crippen LogP contribution in [-0.2, 0) is 6.54 Å². The Morgan fingerprint density at radius 1 is 1.47 bits per heavy atom. The number of nitrogens with one attached hydrogen (secondary N) is 1. The SMILES string of the molecule is CCC(C)C1CN(Cc2sccc2C)C(CC)CN1. The zero-order chi connectivity index (χ0) is 13.8. The maximum atomic E-state index is 3.76. The maximum Gasteiger partial charge on any atom is 0.0334 e. The molecule has 1 aromatic heterocycles. The molecule has 0 spiro atoms.